The van der Waals surface area contributed by atoms with Gasteiger partial charge in [-0.15, -0.1) is 13.2 Å². The Morgan fingerprint density at radius 3 is 2.67 bits per heavy atom. The van der Waals surface area contributed by atoms with E-state index in [2.05, 4.69) is 13.6 Å². The Hall–Kier alpha value is -0.690. The molecular weight excluding hydrogens is 195 g/mol. The predicted octanol–water partition coefficient (Wildman–Crippen LogP) is 2.53. The minimum absolute atomic E-state index is 0.0461. The van der Waals surface area contributed by atoms with E-state index in [9.17, 15) is 13.2 Å². The lowest BCUT2D eigenvalue weighted by Gasteiger charge is -2.01. The molecule has 0 aliphatic rings. The third-order valence-corrected chi connectivity index (χ3v) is 1.45. The van der Waals surface area contributed by atoms with Crippen molar-refractivity contribution in [2.24, 2.45) is 0 Å². The predicted molar refractivity (Wildman–Crippen MR) is 34.2 cm³/mol. The fourth-order valence-electron chi connectivity index (χ4n) is 0.472. The van der Waals surface area contributed by atoms with Crippen LogP contribution in [-0.4, -0.2) is 11.3 Å². The van der Waals surface area contributed by atoms with Crippen molar-refractivity contribution >= 4 is 12.0 Å². The van der Waals surface area contributed by atoms with Gasteiger partial charge < -0.3 is 4.42 Å². The van der Waals surface area contributed by atoms with Crippen LogP contribution in [0.4, 0.5) is 13.2 Å². The van der Waals surface area contributed by atoms with Gasteiger partial charge in [-0.25, -0.2) is 9.17 Å². The molecule has 0 bridgehead atoms. The summed E-state index contributed by atoms with van der Waals surface area (Å²) in [5.74, 6) is 0.295. The molecule has 1 rings (SSSR count). The van der Waals surface area contributed by atoms with E-state index >= 15 is 0 Å². The summed E-state index contributed by atoms with van der Waals surface area (Å²) in [5, 5.41) is 0.0461. The highest BCUT2D eigenvalue weighted by atomic mass is 32.2. The first-order valence-electron chi connectivity index (χ1n) is 2.82. The second-order valence-electron chi connectivity index (χ2n) is 1.82. The lowest BCUT2D eigenvalue weighted by molar-refractivity contribution is -0.267. The van der Waals surface area contributed by atoms with Crippen LogP contribution >= 0.6 is 12.0 Å². The average molecular weight is 199 g/mol. The first-order chi connectivity index (χ1) is 5.47. The quantitative estimate of drug-likeness (QED) is 0.685. The molecule has 0 aliphatic heterocycles. The van der Waals surface area contributed by atoms with Crippen molar-refractivity contribution in [1.82, 2.24) is 4.98 Å². The number of aromatic nitrogens is 1. The first-order valence-corrected chi connectivity index (χ1v) is 3.56. The molecule has 0 atom stereocenters. The monoisotopic (exact) mass is 199 g/mol. The second kappa shape index (κ2) is 3.36. The summed E-state index contributed by atoms with van der Waals surface area (Å²) in [6.07, 6.45) is -3.57. The molecule has 0 unspecified atom stereocenters. The van der Waals surface area contributed by atoms with Crippen molar-refractivity contribution in [3.8, 4) is 0 Å². The molecule has 1 heterocycles. The maximum atomic E-state index is 11.4. The number of nitrogens with zero attached hydrogens (tertiary/aromatic N) is 1. The molecule has 0 aliphatic carbocycles. The number of oxazole rings is 1. The Labute approximate surface area is 70.1 Å². The highest BCUT2D eigenvalue weighted by Crippen LogP contribution is 2.28. The molecular formula is C5H4F3NO2S. The fraction of sp³-hybridized carbons (Fsp3) is 0.400. The van der Waals surface area contributed by atoms with Gasteiger partial charge in [0.25, 0.3) is 0 Å². The van der Waals surface area contributed by atoms with Crippen molar-refractivity contribution in [1.29, 1.82) is 0 Å². The smallest absolute Gasteiger partial charge is 0.448 e. The van der Waals surface area contributed by atoms with Crippen molar-refractivity contribution in [3.63, 3.8) is 0 Å². The van der Waals surface area contributed by atoms with E-state index in [1.54, 1.807) is 0 Å². The van der Waals surface area contributed by atoms with Gasteiger partial charge in [-0.1, -0.05) is 0 Å². The van der Waals surface area contributed by atoms with Gasteiger partial charge in [-0.3, -0.25) is 0 Å². The Morgan fingerprint density at radius 2 is 2.25 bits per heavy atom. The van der Waals surface area contributed by atoms with Gasteiger partial charge in [-0.2, -0.15) is 0 Å². The van der Waals surface area contributed by atoms with E-state index in [0.717, 1.165) is 6.26 Å². The summed E-state index contributed by atoms with van der Waals surface area (Å²) in [5.41, 5.74) is 0. The standard InChI is InChI=1S/C5H4F3NO2S/c1-3-9-4(2-10-3)12-11-5(6,7)8/h2H,1H3. The lowest BCUT2D eigenvalue weighted by atomic mass is 10.8. The van der Waals surface area contributed by atoms with Gasteiger partial charge in [0.15, 0.2) is 10.9 Å². The van der Waals surface area contributed by atoms with Crippen LogP contribution in [0.1, 0.15) is 5.89 Å². The molecule has 0 saturated heterocycles. The maximum absolute atomic E-state index is 11.4. The molecule has 0 N–H and O–H groups in total. The number of alkyl halides is 3. The van der Waals surface area contributed by atoms with E-state index in [1.807, 2.05) is 0 Å². The summed E-state index contributed by atoms with van der Waals surface area (Å²) >= 11 is 0.118. The maximum Gasteiger partial charge on any atom is 0.534 e. The molecule has 3 nitrogen and oxygen atoms in total. The van der Waals surface area contributed by atoms with Gasteiger partial charge in [0.05, 0.1) is 12.0 Å². The minimum atomic E-state index is -4.66. The Morgan fingerprint density at radius 1 is 1.58 bits per heavy atom. The molecule has 68 valence electrons. The molecule has 1 aromatic rings. The summed E-state index contributed by atoms with van der Waals surface area (Å²) in [7, 11) is 0. The third-order valence-electron chi connectivity index (χ3n) is 0.819. The number of hydrogen-bond acceptors (Lipinski definition) is 4. The number of rotatable bonds is 2. The summed E-state index contributed by atoms with van der Waals surface area (Å²) in [4.78, 5) is 3.59. The van der Waals surface area contributed by atoms with Gasteiger partial charge in [0, 0.05) is 6.92 Å². The average Bonchev–Trinajstić information content (AvgIpc) is 2.30. The topological polar surface area (TPSA) is 35.3 Å². The summed E-state index contributed by atoms with van der Waals surface area (Å²) < 4.78 is 42.4. The van der Waals surface area contributed by atoms with Crippen LogP contribution in [0.25, 0.3) is 0 Å². The van der Waals surface area contributed by atoms with E-state index in [-0.39, 0.29) is 17.1 Å². The largest absolute Gasteiger partial charge is 0.534 e. The van der Waals surface area contributed by atoms with E-state index in [4.69, 9.17) is 0 Å². The van der Waals surface area contributed by atoms with Crippen LogP contribution in [-0.2, 0) is 4.18 Å². The number of aryl methyl sites for hydroxylation is 1. The second-order valence-corrected chi connectivity index (χ2v) is 2.57. The first kappa shape index (κ1) is 9.40. The molecule has 0 fully saturated rings. The SMILES string of the molecule is Cc1nc(SOC(F)(F)F)co1. The highest BCUT2D eigenvalue weighted by Gasteiger charge is 2.30. The van der Waals surface area contributed by atoms with Gasteiger partial charge >= 0.3 is 6.36 Å². The van der Waals surface area contributed by atoms with E-state index < -0.39 is 6.36 Å². The molecule has 0 radical (unpaired) electrons. The molecule has 0 saturated carbocycles. The van der Waals surface area contributed by atoms with Crippen LogP contribution in [0.2, 0.25) is 0 Å². The Bertz CT molecular complexity index is 259. The number of halogens is 3. The van der Waals surface area contributed by atoms with Crippen molar-refractivity contribution < 1.29 is 21.8 Å². The van der Waals surface area contributed by atoms with Crippen LogP contribution in [0.3, 0.4) is 0 Å². The summed E-state index contributed by atoms with van der Waals surface area (Å²) in [6.45, 7) is 1.53. The zero-order valence-electron chi connectivity index (χ0n) is 5.88. The van der Waals surface area contributed by atoms with Crippen LogP contribution < -0.4 is 0 Å². The molecule has 0 amide bonds. The third kappa shape index (κ3) is 3.14. The van der Waals surface area contributed by atoms with Gasteiger partial charge in [-0.05, 0) is 0 Å². The molecule has 0 spiro atoms. The van der Waals surface area contributed by atoms with Crippen LogP contribution in [0, 0.1) is 6.92 Å². The minimum Gasteiger partial charge on any atom is -0.448 e. The van der Waals surface area contributed by atoms with Crippen molar-refractivity contribution in [3.05, 3.63) is 12.2 Å². The van der Waals surface area contributed by atoms with E-state index in [0.29, 0.717) is 5.89 Å². The van der Waals surface area contributed by atoms with Gasteiger partial charge in [0.1, 0.15) is 6.26 Å². The van der Waals surface area contributed by atoms with Crippen LogP contribution in [0.5, 0.6) is 0 Å². The molecule has 0 aromatic carbocycles. The van der Waals surface area contributed by atoms with Gasteiger partial charge in [0.2, 0.25) is 0 Å². The zero-order valence-corrected chi connectivity index (χ0v) is 6.70. The highest BCUT2D eigenvalue weighted by molar-refractivity contribution is 7.94. The fourth-order valence-corrected chi connectivity index (χ4v) is 0.905. The lowest BCUT2D eigenvalue weighted by Crippen LogP contribution is -2.07. The van der Waals surface area contributed by atoms with Crippen molar-refractivity contribution in [2.45, 2.75) is 18.3 Å². The molecule has 1 aromatic heterocycles. The molecule has 12 heavy (non-hydrogen) atoms. The Kier molecular flexibility index (Phi) is 2.63. The molecule has 7 heteroatoms. The zero-order chi connectivity index (χ0) is 9.19. The Balaban J connectivity index is 2.44. The normalized spacial score (nSPS) is 12.0. The van der Waals surface area contributed by atoms with Crippen molar-refractivity contribution in [2.75, 3.05) is 0 Å². The van der Waals surface area contributed by atoms with Crippen LogP contribution in [0.15, 0.2) is 15.7 Å². The number of hydrogen-bond donors (Lipinski definition) is 0. The van der Waals surface area contributed by atoms with E-state index in [1.165, 1.54) is 6.92 Å². The summed E-state index contributed by atoms with van der Waals surface area (Å²) in [6, 6.07) is 0.